The minimum Gasteiger partial charge on any atom is -0.347 e. The van der Waals surface area contributed by atoms with Crippen LogP contribution in [-0.2, 0) is 14.3 Å². The molecule has 1 saturated heterocycles. The van der Waals surface area contributed by atoms with Gasteiger partial charge in [0, 0.05) is 17.3 Å². The van der Waals surface area contributed by atoms with Gasteiger partial charge < -0.3 is 9.47 Å². The molecule has 0 aromatic rings. The van der Waals surface area contributed by atoms with Gasteiger partial charge in [-0.2, -0.15) is 0 Å². The molecule has 0 bridgehead atoms. The van der Waals surface area contributed by atoms with E-state index in [9.17, 15) is 4.79 Å². The van der Waals surface area contributed by atoms with Crippen LogP contribution in [0.3, 0.4) is 0 Å². The van der Waals surface area contributed by atoms with Gasteiger partial charge in [-0.3, -0.25) is 4.79 Å². The van der Waals surface area contributed by atoms with Crippen LogP contribution in [0.4, 0.5) is 0 Å². The van der Waals surface area contributed by atoms with Gasteiger partial charge in [-0.1, -0.05) is 25.0 Å². The molecule has 3 saturated carbocycles. The van der Waals surface area contributed by atoms with E-state index >= 15 is 0 Å². The largest absolute Gasteiger partial charge is 0.347 e. The van der Waals surface area contributed by atoms with Gasteiger partial charge in [0.25, 0.3) is 0 Å². The molecular formula is C22H30O3. The van der Waals surface area contributed by atoms with Crippen molar-refractivity contribution in [1.29, 1.82) is 0 Å². The lowest BCUT2D eigenvalue weighted by atomic mass is 9.46. The summed E-state index contributed by atoms with van der Waals surface area (Å²) >= 11 is 0. The summed E-state index contributed by atoms with van der Waals surface area (Å²) in [4.78, 5) is 12.0. The molecule has 0 unspecified atom stereocenters. The first-order chi connectivity index (χ1) is 11.9. The van der Waals surface area contributed by atoms with E-state index in [1.54, 1.807) is 0 Å². The quantitative estimate of drug-likeness (QED) is 0.653. The van der Waals surface area contributed by atoms with Gasteiger partial charge in [0.1, 0.15) is 0 Å². The van der Waals surface area contributed by atoms with Gasteiger partial charge in [0.2, 0.25) is 0 Å². The second-order valence-electron chi connectivity index (χ2n) is 9.46. The Bertz CT molecular complexity index is 683. The molecular weight excluding hydrogens is 312 g/mol. The highest BCUT2D eigenvalue weighted by Crippen LogP contribution is 2.69. The molecule has 136 valence electrons. The number of carbonyl (C=O) groups excluding carboxylic acids is 1. The maximum atomic E-state index is 12.0. The number of carbonyl (C=O) groups is 1. The van der Waals surface area contributed by atoms with Gasteiger partial charge in [-0.05, 0) is 68.9 Å². The summed E-state index contributed by atoms with van der Waals surface area (Å²) in [6.45, 7) is 8.53. The van der Waals surface area contributed by atoms with Crippen molar-refractivity contribution >= 4 is 5.78 Å². The number of ketones is 1. The SMILES string of the molecule is CC1=CC(=O)C=C2CC[C@@H]3[C@H](CC[C@@]4(C)[C@H]3CCC43OCCO3)[C@@]12C. The van der Waals surface area contributed by atoms with Crippen molar-refractivity contribution in [2.75, 3.05) is 13.2 Å². The summed E-state index contributed by atoms with van der Waals surface area (Å²) < 4.78 is 12.5. The van der Waals surface area contributed by atoms with Crippen molar-refractivity contribution in [3.63, 3.8) is 0 Å². The molecule has 0 aromatic heterocycles. The Morgan fingerprint density at radius 2 is 1.72 bits per heavy atom. The molecule has 5 aliphatic rings. The Hall–Kier alpha value is -0.930. The maximum Gasteiger partial charge on any atom is 0.178 e. The highest BCUT2D eigenvalue weighted by molar-refractivity contribution is 6.02. The zero-order chi connectivity index (χ0) is 17.4. The van der Waals surface area contributed by atoms with Crippen LogP contribution < -0.4 is 0 Å². The Kier molecular flexibility index (Phi) is 3.30. The first-order valence-electron chi connectivity index (χ1n) is 10.1. The van der Waals surface area contributed by atoms with E-state index < -0.39 is 0 Å². The van der Waals surface area contributed by atoms with E-state index in [4.69, 9.17) is 9.47 Å². The molecule has 5 rings (SSSR count). The molecule has 0 radical (unpaired) electrons. The average Bonchev–Trinajstić information content (AvgIpc) is 3.16. The van der Waals surface area contributed by atoms with E-state index in [2.05, 4.69) is 20.8 Å². The Morgan fingerprint density at radius 3 is 2.48 bits per heavy atom. The smallest absolute Gasteiger partial charge is 0.178 e. The van der Waals surface area contributed by atoms with E-state index in [1.165, 1.54) is 36.8 Å². The number of allylic oxidation sites excluding steroid dienone is 4. The third-order valence-corrected chi connectivity index (χ3v) is 8.89. The maximum absolute atomic E-state index is 12.0. The molecule has 0 aromatic carbocycles. The molecule has 1 aliphatic heterocycles. The minimum atomic E-state index is -0.312. The van der Waals surface area contributed by atoms with E-state index in [0.29, 0.717) is 11.8 Å². The molecule has 25 heavy (non-hydrogen) atoms. The fraction of sp³-hybridized carbons (Fsp3) is 0.773. The van der Waals surface area contributed by atoms with Crippen LogP contribution in [0.5, 0.6) is 0 Å². The highest BCUT2D eigenvalue weighted by Gasteiger charge is 2.66. The molecule has 5 atom stereocenters. The third kappa shape index (κ3) is 1.87. The third-order valence-electron chi connectivity index (χ3n) is 8.89. The predicted octanol–water partition coefficient (Wildman–Crippen LogP) is 4.43. The summed E-state index contributed by atoms with van der Waals surface area (Å²) in [7, 11) is 0. The molecule has 3 heteroatoms. The van der Waals surface area contributed by atoms with Crippen molar-refractivity contribution in [3.05, 3.63) is 23.3 Å². The molecule has 4 fully saturated rings. The van der Waals surface area contributed by atoms with Crippen molar-refractivity contribution in [2.24, 2.45) is 28.6 Å². The number of ether oxygens (including phenoxy) is 2. The van der Waals surface area contributed by atoms with Gasteiger partial charge in [-0.25, -0.2) is 0 Å². The van der Waals surface area contributed by atoms with Crippen molar-refractivity contribution in [2.45, 2.75) is 65.1 Å². The predicted molar refractivity (Wildman–Crippen MR) is 95.9 cm³/mol. The van der Waals surface area contributed by atoms with Crippen LogP contribution in [-0.4, -0.2) is 24.8 Å². The molecule has 1 spiro atoms. The molecule has 4 aliphatic carbocycles. The fourth-order valence-corrected chi connectivity index (χ4v) is 7.46. The van der Waals surface area contributed by atoms with Crippen LogP contribution in [0.1, 0.15) is 59.3 Å². The van der Waals surface area contributed by atoms with Crippen LogP contribution >= 0.6 is 0 Å². The highest BCUT2D eigenvalue weighted by atomic mass is 16.7. The lowest BCUT2D eigenvalue weighted by Gasteiger charge is -2.59. The standard InChI is InChI=1S/C22H30O3/c1-14-12-16(23)13-15-4-5-17-18-7-9-22(24-10-11-25-22)20(18,2)8-6-19(17)21(14,15)3/h12-13,17-19H,4-11H2,1-3H3/t17-,18-,19-,20-,21-/m0/s1. The zero-order valence-corrected chi connectivity index (χ0v) is 15.8. The number of fused-ring (bicyclic) bond motifs is 6. The van der Waals surface area contributed by atoms with Crippen LogP contribution in [0, 0.1) is 28.6 Å². The minimum absolute atomic E-state index is 0.0886. The number of hydrogen-bond donors (Lipinski definition) is 0. The Labute approximate surface area is 150 Å². The molecule has 1 heterocycles. The monoisotopic (exact) mass is 342 g/mol. The van der Waals surface area contributed by atoms with Gasteiger partial charge >= 0.3 is 0 Å². The van der Waals surface area contributed by atoms with Crippen LogP contribution in [0.25, 0.3) is 0 Å². The number of rotatable bonds is 0. The van der Waals surface area contributed by atoms with E-state index in [-0.39, 0.29) is 22.4 Å². The van der Waals surface area contributed by atoms with Gasteiger partial charge in [0.05, 0.1) is 13.2 Å². The van der Waals surface area contributed by atoms with Crippen molar-refractivity contribution < 1.29 is 14.3 Å². The zero-order valence-electron chi connectivity index (χ0n) is 15.8. The lowest BCUT2D eigenvalue weighted by molar-refractivity contribution is -0.242. The van der Waals surface area contributed by atoms with Crippen molar-refractivity contribution in [3.8, 4) is 0 Å². The van der Waals surface area contributed by atoms with E-state index in [0.717, 1.165) is 32.0 Å². The van der Waals surface area contributed by atoms with Crippen LogP contribution in [0.15, 0.2) is 23.3 Å². The van der Waals surface area contributed by atoms with Crippen LogP contribution in [0.2, 0.25) is 0 Å². The normalized spacial score (nSPS) is 47.8. The van der Waals surface area contributed by atoms with Gasteiger partial charge in [-0.15, -0.1) is 0 Å². The first-order valence-corrected chi connectivity index (χ1v) is 10.1. The second kappa shape index (κ2) is 5.07. The average molecular weight is 342 g/mol. The summed E-state index contributed by atoms with van der Waals surface area (Å²) in [6.07, 6.45) is 10.8. The summed E-state index contributed by atoms with van der Waals surface area (Å²) in [5.74, 6) is 1.95. The second-order valence-corrected chi connectivity index (χ2v) is 9.46. The molecule has 0 N–H and O–H groups in total. The molecule has 3 nitrogen and oxygen atoms in total. The lowest BCUT2D eigenvalue weighted by Crippen LogP contribution is -2.55. The summed E-state index contributed by atoms with van der Waals surface area (Å²) in [5.41, 5.74) is 2.92. The van der Waals surface area contributed by atoms with Crippen molar-refractivity contribution in [1.82, 2.24) is 0 Å². The van der Waals surface area contributed by atoms with Gasteiger partial charge in [0.15, 0.2) is 11.6 Å². The summed E-state index contributed by atoms with van der Waals surface area (Å²) in [5, 5.41) is 0. The molecule has 0 amide bonds. The fourth-order valence-electron chi connectivity index (χ4n) is 7.46. The first kappa shape index (κ1) is 16.3. The van der Waals surface area contributed by atoms with E-state index in [1.807, 2.05) is 12.2 Å². The topological polar surface area (TPSA) is 35.5 Å². The summed E-state index contributed by atoms with van der Waals surface area (Å²) in [6, 6.07) is 0. The Morgan fingerprint density at radius 1 is 1.00 bits per heavy atom. The Balaban J connectivity index is 1.53. The number of hydrogen-bond acceptors (Lipinski definition) is 3.